The van der Waals surface area contributed by atoms with Crippen molar-refractivity contribution in [2.45, 2.75) is 37.7 Å². The molecule has 9 heteroatoms. The Kier molecular flexibility index (Phi) is 6.00. The first-order valence-corrected chi connectivity index (χ1v) is 9.89. The summed E-state index contributed by atoms with van der Waals surface area (Å²) in [4.78, 5) is 17.8. The predicted octanol–water partition coefficient (Wildman–Crippen LogP) is 4.59. The van der Waals surface area contributed by atoms with Crippen LogP contribution in [-0.4, -0.2) is 21.1 Å². The molecule has 0 unspecified atom stereocenters. The molecule has 0 bridgehead atoms. The van der Waals surface area contributed by atoms with Gasteiger partial charge in [-0.2, -0.15) is 0 Å². The number of thioether (sulfide) groups is 1. The molecule has 0 saturated heterocycles. The highest BCUT2D eigenvalue weighted by atomic mass is 32.2. The summed E-state index contributed by atoms with van der Waals surface area (Å²) in [6.45, 7) is 3.43. The van der Waals surface area contributed by atoms with E-state index < -0.39 is 5.82 Å². The van der Waals surface area contributed by atoms with Crippen LogP contribution in [0.2, 0.25) is 0 Å². The molecule has 0 saturated carbocycles. The van der Waals surface area contributed by atoms with Gasteiger partial charge in [0.1, 0.15) is 5.82 Å². The minimum atomic E-state index is -0.469. The third-order valence-corrected chi connectivity index (χ3v) is 5.12. The Morgan fingerprint density at radius 2 is 2.15 bits per heavy atom. The molecule has 0 radical (unpaired) electrons. The molecule has 0 aliphatic carbocycles. The zero-order chi connectivity index (χ0) is 18.5. The largest absolute Gasteiger partial charge is 0.416 e. The molecule has 0 spiro atoms. The molecular weight excluding hydrogens is 375 g/mol. The number of halogens is 1. The first-order valence-electron chi connectivity index (χ1n) is 8.03. The maximum atomic E-state index is 14.1. The lowest BCUT2D eigenvalue weighted by Crippen LogP contribution is -2.23. The maximum absolute atomic E-state index is 14.1. The minimum absolute atomic E-state index is 0.190. The van der Waals surface area contributed by atoms with Crippen molar-refractivity contribution in [3.05, 3.63) is 47.0 Å². The van der Waals surface area contributed by atoms with Crippen LogP contribution in [0.4, 0.5) is 15.2 Å². The Hall–Kier alpha value is -2.26. The lowest BCUT2D eigenvalue weighted by atomic mass is 10.3. The van der Waals surface area contributed by atoms with E-state index in [-0.39, 0.29) is 11.6 Å². The molecular formula is C17H17FN4O2S2. The Bertz CT molecular complexity index is 896. The van der Waals surface area contributed by atoms with E-state index in [0.29, 0.717) is 22.0 Å². The molecule has 3 aromatic rings. The maximum Gasteiger partial charge on any atom is 0.276 e. The van der Waals surface area contributed by atoms with Crippen LogP contribution in [0, 0.1) is 5.82 Å². The van der Waals surface area contributed by atoms with Crippen molar-refractivity contribution in [3.63, 3.8) is 0 Å². The Morgan fingerprint density at radius 1 is 1.35 bits per heavy atom. The fourth-order valence-electron chi connectivity index (χ4n) is 2.25. The number of amides is 1. The smallest absolute Gasteiger partial charge is 0.276 e. The second kappa shape index (κ2) is 8.41. The van der Waals surface area contributed by atoms with E-state index in [4.69, 9.17) is 4.42 Å². The highest BCUT2D eigenvalue weighted by molar-refractivity contribution is 7.98. The number of carbonyl (C=O) groups is 1. The number of benzene rings is 1. The van der Waals surface area contributed by atoms with E-state index in [1.807, 2.05) is 12.3 Å². The fraction of sp³-hybridized carbons (Fsp3) is 0.294. The average molecular weight is 392 g/mol. The summed E-state index contributed by atoms with van der Waals surface area (Å²) in [7, 11) is 0. The normalized spacial score (nSPS) is 10.9. The van der Waals surface area contributed by atoms with Gasteiger partial charge in [0.05, 0.1) is 11.4 Å². The van der Waals surface area contributed by atoms with E-state index in [1.165, 1.54) is 41.0 Å². The number of para-hydroxylation sites is 1. The van der Waals surface area contributed by atoms with Gasteiger partial charge in [0.2, 0.25) is 11.8 Å². The molecule has 2 heterocycles. The molecule has 1 aromatic carbocycles. The molecule has 0 atom stereocenters. The van der Waals surface area contributed by atoms with Crippen molar-refractivity contribution >= 4 is 39.8 Å². The van der Waals surface area contributed by atoms with Crippen molar-refractivity contribution in [3.8, 4) is 0 Å². The number of aromatic nitrogens is 3. The molecule has 0 aliphatic rings. The van der Waals surface area contributed by atoms with Crippen LogP contribution in [0.1, 0.15) is 31.9 Å². The zero-order valence-electron chi connectivity index (χ0n) is 14.3. The van der Waals surface area contributed by atoms with E-state index in [1.54, 1.807) is 18.2 Å². The van der Waals surface area contributed by atoms with Gasteiger partial charge in [-0.15, -0.1) is 21.5 Å². The SMILES string of the molecule is CCCc1nnc(SCc2csc(N(C(C)=O)c3ccccc3F)n2)o1. The van der Waals surface area contributed by atoms with Crippen molar-refractivity contribution in [1.82, 2.24) is 15.2 Å². The second-order valence-corrected chi connectivity index (χ2v) is 7.19. The van der Waals surface area contributed by atoms with Crippen LogP contribution in [0.15, 0.2) is 39.3 Å². The van der Waals surface area contributed by atoms with Gasteiger partial charge in [0, 0.05) is 24.5 Å². The molecule has 26 heavy (non-hydrogen) atoms. The highest BCUT2D eigenvalue weighted by Gasteiger charge is 2.21. The number of anilines is 2. The minimum Gasteiger partial charge on any atom is -0.416 e. The number of thiazole rings is 1. The molecule has 3 rings (SSSR count). The standard InChI is InChI=1S/C17H17FN4O2S2/c1-3-6-15-20-21-17(24-15)26-10-12-9-25-16(19-12)22(11(2)23)14-8-5-4-7-13(14)18/h4-5,7-9H,3,6,10H2,1-2H3. The van der Waals surface area contributed by atoms with Gasteiger partial charge in [-0.3, -0.25) is 9.69 Å². The van der Waals surface area contributed by atoms with Gasteiger partial charge in [-0.1, -0.05) is 30.8 Å². The van der Waals surface area contributed by atoms with Crippen LogP contribution < -0.4 is 4.90 Å². The molecule has 136 valence electrons. The van der Waals surface area contributed by atoms with Gasteiger partial charge < -0.3 is 4.42 Å². The van der Waals surface area contributed by atoms with Crippen molar-refractivity contribution in [2.24, 2.45) is 0 Å². The summed E-state index contributed by atoms with van der Waals surface area (Å²) in [5.74, 6) is 0.372. The number of rotatable bonds is 7. The summed E-state index contributed by atoms with van der Waals surface area (Å²) in [5.41, 5.74) is 0.947. The topological polar surface area (TPSA) is 72.1 Å². The van der Waals surface area contributed by atoms with Crippen molar-refractivity contribution in [2.75, 3.05) is 4.90 Å². The first-order chi connectivity index (χ1) is 12.6. The lowest BCUT2D eigenvalue weighted by molar-refractivity contribution is -0.115. The second-order valence-electron chi connectivity index (χ2n) is 5.43. The Labute approximate surface area is 158 Å². The number of carbonyl (C=O) groups excluding carboxylic acids is 1. The van der Waals surface area contributed by atoms with E-state index in [0.717, 1.165) is 18.5 Å². The zero-order valence-corrected chi connectivity index (χ0v) is 15.9. The molecule has 0 fully saturated rings. The van der Waals surface area contributed by atoms with Crippen LogP contribution in [-0.2, 0) is 17.0 Å². The molecule has 2 aromatic heterocycles. The van der Waals surface area contributed by atoms with Gasteiger partial charge in [0.15, 0.2) is 5.13 Å². The van der Waals surface area contributed by atoms with Gasteiger partial charge in [0.25, 0.3) is 5.22 Å². The summed E-state index contributed by atoms with van der Waals surface area (Å²) in [6, 6.07) is 6.14. The van der Waals surface area contributed by atoms with E-state index in [9.17, 15) is 9.18 Å². The van der Waals surface area contributed by atoms with Crippen molar-refractivity contribution in [1.29, 1.82) is 0 Å². The number of aryl methyl sites for hydroxylation is 1. The summed E-state index contributed by atoms with van der Waals surface area (Å²) < 4.78 is 19.6. The van der Waals surface area contributed by atoms with Gasteiger partial charge >= 0.3 is 0 Å². The number of hydrogen-bond acceptors (Lipinski definition) is 7. The highest BCUT2D eigenvalue weighted by Crippen LogP contribution is 2.32. The first kappa shape index (κ1) is 18.5. The summed E-state index contributed by atoms with van der Waals surface area (Å²) >= 11 is 2.66. The van der Waals surface area contributed by atoms with Gasteiger partial charge in [-0.05, 0) is 18.6 Å². The van der Waals surface area contributed by atoms with Crippen molar-refractivity contribution < 1.29 is 13.6 Å². The van der Waals surface area contributed by atoms with Crippen LogP contribution in [0.3, 0.4) is 0 Å². The summed E-state index contributed by atoms with van der Waals surface area (Å²) in [5, 5.41) is 10.7. The quantitative estimate of drug-likeness (QED) is 0.548. The Balaban J connectivity index is 1.73. The average Bonchev–Trinajstić information content (AvgIpc) is 3.25. The van der Waals surface area contributed by atoms with Crippen LogP contribution >= 0.6 is 23.1 Å². The molecule has 6 nitrogen and oxygen atoms in total. The fourth-order valence-corrected chi connectivity index (χ4v) is 3.91. The third-order valence-electron chi connectivity index (χ3n) is 3.39. The van der Waals surface area contributed by atoms with Gasteiger partial charge in [-0.25, -0.2) is 9.37 Å². The Morgan fingerprint density at radius 3 is 2.88 bits per heavy atom. The van der Waals surface area contributed by atoms with Crippen LogP contribution in [0.25, 0.3) is 0 Å². The number of nitrogens with zero attached hydrogens (tertiary/aromatic N) is 4. The molecule has 0 N–H and O–H groups in total. The third kappa shape index (κ3) is 4.28. The molecule has 1 amide bonds. The van der Waals surface area contributed by atoms with E-state index in [2.05, 4.69) is 15.2 Å². The summed E-state index contributed by atoms with van der Waals surface area (Å²) in [6.07, 6.45) is 1.70. The monoisotopic (exact) mass is 392 g/mol. The molecule has 0 aliphatic heterocycles. The predicted molar refractivity (Wildman–Crippen MR) is 99.2 cm³/mol. The van der Waals surface area contributed by atoms with Crippen LogP contribution in [0.5, 0.6) is 0 Å². The lowest BCUT2D eigenvalue weighted by Gasteiger charge is -2.18. The van der Waals surface area contributed by atoms with E-state index >= 15 is 0 Å². The number of hydrogen-bond donors (Lipinski definition) is 0.